The highest BCUT2D eigenvalue weighted by Crippen LogP contribution is 2.27. The molecule has 3 heteroatoms. The van der Waals surface area contributed by atoms with E-state index in [1.165, 1.54) is 19.3 Å². The van der Waals surface area contributed by atoms with Gasteiger partial charge in [0.1, 0.15) is 5.66 Å². The van der Waals surface area contributed by atoms with Crippen molar-refractivity contribution in [2.24, 2.45) is 0 Å². The van der Waals surface area contributed by atoms with E-state index >= 15 is 0 Å². The highest BCUT2D eigenvalue weighted by Gasteiger charge is 2.32. The molecule has 0 fully saturated rings. The fourth-order valence-corrected chi connectivity index (χ4v) is 2.47. The van der Waals surface area contributed by atoms with Crippen LogP contribution < -0.4 is 10.6 Å². The van der Waals surface area contributed by atoms with Gasteiger partial charge in [0.05, 0.1) is 5.56 Å². The first kappa shape index (κ1) is 12.9. The lowest BCUT2D eigenvalue weighted by Crippen LogP contribution is -2.55. The van der Waals surface area contributed by atoms with Crippen molar-refractivity contribution in [3.63, 3.8) is 0 Å². The van der Waals surface area contributed by atoms with Crippen LogP contribution >= 0.6 is 0 Å². The van der Waals surface area contributed by atoms with E-state index in [1.54, 1.807) is 0 Å². The number of carbonyl (C=O) groups is 1. The fourth-order valence-electron chi connectivity index (χ4n) is 2.47. The molecule has 1 aliphatic rings. The molecule has 3 nitrogen and oxygen atoms in total. The summed E-state index contributed by atoms with van der Waals surface area (Å²) in [4.78, 5) is 12.0. The maximum Gasteiger partial charge on any atom is 0.255 e. The summed E-state index contributed by atoms with van der Waals surface area (Å²) >= 11 is 0. The third-order valence-corrected chi connectivity index (χ3v) is 3.50. The van der Waals surface area contributed by atoms with E-state index in [0.29, 0.717) is 0 Å². The van der Waals surface area contributed by atoms with Crippen molar-refractivity contribution in [2.45, 2.75) is 51.6 Å². The van der Waals surface area contributed by atoms with Gasteiger partial charge in [0.15, 0.2) is 0 Å². The quantitative estimate of drug-likeness (QED) is 0.780. The summed E-state index contributed by atoms with van der Waals surface area (Å²) in [5, 5.41) is 6.52. The Morgan fingerprint density at radius 3 is 2.67 bits per heavy atom. The minimum absolute atomic E-state index is 0.0299. The van der Waals surface area contributed by atoms with Gasteiger partial charge in [-0.3, -0.25) is 4.79 Å². The monoisotopic (exact) mass is 246 g/mol. The summed E-state index contributed by atoms with van der Waals surface area (Å²) in [6.45, 7) is 4.27. The zero-order valence-electron chi connectivity index (χ0n) is 11.3. The maximum atomic E-state index is 12.0. The van der Waals surface area contributed by atoms with Gasteiger partial charge in [0, 0.05) is 5.69 Å². The summed E-state index contributed by atoms with van der Waals surface area (Å²) in [6, 6.07) is 7.68. The van der Waals surface area contributed by atoms with E-state index in [0.717, 1.165) is 24.1 Å². The van der Waals surface area contributed by atoms with Crippen molar-refractivity contribution in [1.29, 1.82) is 0 Å². The Morgan fingerprint density at radius 1 is 1.11 bits per heavy atom. The number of nitrogens with one attached hydrogen (secondary N) is 2. The number of hydrogen-bond donors (Lipinski definition) is 2. The normalized spacial score (nSPS) is 22.0. The van der Waals surface area contributed by atoms with Crippen molar-refractivity contribution >= 4 is 11.6 Å². The van der Waals surface area contributed by atoms with Gasteiger partial charge in [0.2, 0.25) is 0 Å². The van der Waals surface area contributed by atoms with E-state index in [-0.39, 0.29) is 11.6 Å². The molecule has 0 radical (unpaired) electrons. The van der Waals surface area contributed by atoms with Gasteiger partial charge in [0.25, 0.3) is 5.91 Å². The molecular formula is C15H22N2O. The number of carbonyl (C=O) groups excluding carboxylic acids is 1. The molecular weight excluding hydrogens is 224 g/mol. The standard InChI is InChI=1S/C15H22N2O/c1-3-4-5-8-11-15(2)16-13-10-7-6-9-12(13)14(18)17-15/h6-7,9-10,16H,3-5,8,11H2,1-2H3,(H,17,18). The summed E-state index contributed by atoms with van der Waals surface area (Å²) in [5.74, 6) is 0.0299. The minimum atomic E-state index is -0.306. The molecule has 0 saturated carbocycles. The lowest BCUT2D eigenvalue weighted by Gasteiger charge is -2.37. The van der Waals surface area contributed by atoms with Crippen LogP contribution in [0.3, 0.4) is 0 Å². The van der Waals surface area contributed by atoms with Gasteiger partial charge in [-0.2, -0.15) is 0 Å². The second-order valence-electron chi connectivity index (χ2n) is 5.27. The SMILES string of the molecule is CCCCCCC1(C)NC(=O)c2ccccc2N1. The van der Waals surface area contributed by atoms with Crippen LogP contribution in [-0.4, -0.2) is 11.6 Å². The van der Waals surface area contributed by atoms with Crippen molar-refractivity contribution in [3.8, 4) is 0 Å². The number of rotatable bonds is 5. The molecule has 2 rings (SSSR count). The smallest absolute Gasteiger partial charge is 0.255 e. The molecule has 2 N–H and O–H groups in total. The largest absolute Gasteiger partial charge is 0.362 e. The lowest BCUT2D eigenvalue weighted by atomic mass is 9.97. The first-order chi connectivity index (χ1) is 8.64. The first-order valence-corrected chi connectivity index (χ1v) is 6.84. The Balaban J connectivity index is 2.02. The summed E-state index contributed by atoms with van der Waals surface area (Å²) in [7, 11) is 0. The van der Waals surface area contributed by atoms with Crippen LogP contribution in [0, 0.1) is 0 Å². The predicted molar refractivity (Wildman–Crippen MR) is 74.7 cm³/mol. The zero-order valence-corrected chi connectivity index (χ0v) is 11.3. The summed E-state index contributed by atoms with van der Waals surface area (Å²) in [6.07, 6.45) is 5.83. The molecule has 1 amide bonds. The Hall–Kier alpha value is -1.51. The average molecular weight is 246 g/mol. The molecule has 0 aliphatic carbocycles. The number of hydrogen-bond acceptors (Lipinski definition) is 2. The van der Waals surface area contributed by atoms with Crippen molar-refractivity contribution in [1.82, 2.24) is 5.32 Å². The van der Waals surface area contributed by atoms with Gasteiger partial charge in [-0.15, -0.1) is 0 Å². The molecule has 0 aromatic heterocycles. The van der Waals surface area contributed by atoms with Gasteiger partial charge in [-0.25, -0.2) is 0 Å². The Bertz CT molecular complexity index is 430. The number of anilines is 1. The molecule has 1 aliphatic heterocycles. The first-order valence-electron chi connectivity index (χ1n) is 6.84. The van der Waals surface area contributed by atoms with Crippen LogP contribution in [0.5, 0.6) is 0 Å². The van der Waals surface area contributed by atoms with Gasteiger partial charge < -0.3 is 10.6 Å². The van der Waals surface area contributed by atoms with E-state index in [9.17, 15) is 4.79 Å². The lowest BCUT2D eigenvalue weighted by molar-refractivity contribution is 0.0902. The predicted octanol–water partition coefficient (Wildman–Crippen LogP) is 3.53. The highest BCUT2D eigenvalue weighted by atomic mass is 16.2. The van der Waals surface area contributed by atoms with Crippen LogP contribution in [0.1, 0.15) is 56.3 Å². The number of unbranched alkanes of at least 4 members (excludes halogenated alkanes) is 3. The zero-order chi connectivity index (χ0) is 13.0. The molecule has 1 unspecified atom stereocenters. The van der Waals surface area contributed by atoms with Crippen LogP contribution in [0.2, 0.25) is 0 Å². The van der Waals surface area contributed by atoms with E-state index in [2.05, 4.69) is 24.5 Å². The van der Waals surface area contributed by atoms with Crippen molar-refractivity contribution in [3.05, 3.63) is 29.8 Å². The minimum Gasteiger partial charge on any atom is -0.362 e. The van der Waals surface area contributed by atoms with Crippen LogP contribution in [-0.2, 0) is 0 Å². The summed E-state index contributed by atoms with van der Waals surface area (Å²) in [5.41, 5.74) is 1.38. The maximum absolute atomic E-state index is 12.0. The number of para-hydroxylation sites is 1. The summed E-state index contributed by atoms with van der Waals surface area (Å²) < 4.78 is 0. The van der Waals surface area contributed by atoms with Crippen LogP contribution in [0.25, 0.3) is 0 Å². The molecule has 98 valence electrons. The van der Waals surface area contributed by atoms with Crippen molar-refractivity contribution in [2.75, 3.05) is 5.32 Å². The number of benzene rings is 1. The Morgan fingerprint density at radius 2 is 1.89 bits per heavy atom. The number of amides is 1. The Labute approximate surface area is 109 Å². The molecule has 18 heavy (non-hydrogen) atoms. The fraction of sp³-hybridized carbons (Fsp3) is 0.533. The highest BCUT2D eigenvalue weighted by molar-refractivity contribution is 6.02. The second kappa shape index (κ2) is 5.42. The van der Waals surface area contributed by atoms with E-state index in [4.69, 9.17) is 0 Å². The molecule has 0 saturated heterocycles. The van der Waals surface area contributed by atoms with E-state index in [1.807, 2.05) is 24.3 Å². The van der Waals surface area contributed by atoms with Gasteiger partial charge in [-0.1, -0.05) is 38.3 Å². The van der Waals surface area contributed by atoms with Crippen LogP contribution in [0.4, 0.5) is 5.69 Å². The molecule has 0 bridgehead atoms. The van der Waals surface area contributed by atoms with E-state index < -0.39 is 0 Å². The molecule has 0 spiro atoms. The molecule has 1 aromatic rings. The molecule has 1 atom stereocenters. The average Bonchev–Trinajstić information content (AvgIpc) is 2.35. The van der Waals surface area contributed by atoms with Gasteiger partial charge in [-0.05, 0) is 31.9 Å². The van der Waals surface area contributed by atoms with Gasteiger partial charge >= 0.3 is 0 Å². The van der Waals surface area contributed by atoms with Crippen LogP contribution in [0.15, 0.2) is 24.3 Å². The third kappa shape index (κ3) is 2.84. The van der Waals surface area contributed by atoms with Crippen molar-refractivity contribution < 1.29 is 4.79 Å². The Kier molecular flexibility index (Phi) is 3.90. The third-order valence-electron chi connectivity index (χ3n) is 3.50. The second-order valence-corrected chi connectivity index (χ2v) is 5.27. The topological polar surface area (TPSA) is 41.1 Å². The number of fused-ring (bicyclic) bond motifs is 1. The molecule has 1 aromatic carbocycles. The molecule has 1 heterocycles.